The minimum Gasteiger partial charge on any atom is -0.329 e. The van der Waals surface area contributed by atoms with E-state index >= 15 is 0 Å². The van der Waals surface area contributed by atoms with Crippen molar-refractivity contribution in [2.24, 2.45) is 0 Å². The molecule has 0 saturated heterocycles. The standard InChI is InChI=1S/C23H20BrCl2FN6S/c1-13-21(14(2)33(30-13)11-15-7-8-17(25)9-19(15)26)28-23(34)29-22-18(24)12-32(31-22)10-16-5-3-4-6-20(16)27/h3-9,12H,10-11H2,1-2H3,(H2,28,29,31,34). The average molecular weight is 582 g/mol. The lowest BCUT2D eigenvalue weighted by atomic mass is 10.2. The Morgan fingerprint density at radius 1 is 1.06 bits per heavy atom. The molecule has 0 bridgehead atoms. The summed E-state index contributed by atoms with van der Waals surface area (Å²) in [5, 5.41) is 16.9. The Kier molecular flexibility index (Phi) is 7.57. The summed E-state index contributed by atoms with van der Waals surface area (Å²) in [5.41, 5.74) is 3.94. The van der Waals surface area contributed by atoms with Gasteiger partial charge in [0, 0.05) is 21.8 Å². The monoisotopic (exact) mass is 580 g/mol. The van der Waals surface area contributed by atoms with Crippen LogP contribution in [0.3, 0.4) is 0 Å². The molecule has 0 aliphatic rings. The minimum atomic E-state index is -0.274. The van der Waals surface area contributed by atoms with E-state index in [-0.39, 0.29) is 5.82 Å². The highest BCUT2D eigenvalue weighted by atomic mass is 79.9. The first-order valence-electron chi connectivity index (χ1n) is 10.2. The van der Waals surface area contributed by atoms with Crippen LogP contribution in [0.2, 0.25) is 10.0 Å². The highest BCUT2D eigenvalue weighted by Crippen LogP contribution is 2.26. The summed E-state index contributed by atoms with van der Waals surface area (Å²) in [6.07, 6.45) is 1.77. The topological polar surface area (TPSA) is 59.7 Å². The number of nitrogens with zero attached hydrogens (tertiary/aromatic N) is 4. The van der Waals surface area contributed by atoms with Crippen LogP contribution in [-0.2, 0) is 13.1 Å². The summed E-state index contributed by atoms with van der Waals surface area (Å²) in [5.74, 6) is 0.244. The number of hydrogen-bond acceptors (Lipinski definition) is 3. The van der Waals surface area contributed by atoms with Crippen molar-refractivity contribution in [1.29, 1.82) is 0 Å². The normalized spacial score (nSPS) is 11.0. The third-order valence-corrected chi connectivity index (χ3v) is 6.57. The van der Waals surface area contributed by atoms with Crippen molar-refractivity contribution in [3.63, 3.8) is 0 Å². The zero-order chi connectivity index (χ0) is 24.4. The minimum absolute atomic E-state index is 0.274. The average Bonchev–Trinajstić information content (AvgIpc) is 3.25. The predicted octanol–water partition coefficient (Wildman–Crippen LogP) is 6.81. The smallest absolute Gasteiger partial charge is 0.176 e. The fourth-order valence-electron chi connectivity index (χ4n) is 3.46. The van der Waals surface area contributed by atoms with Crippen molar-refractivity contribution in [3.8, 4) is 0 Å². The Bertz CT molecular complexity index is 1370. The van der Waals surface area contributed by atoms with Crippen LogP contribution in [0.1, 0.15) is 22.5 Å². The molecule has 6 nitrogen and oxygen atoms in total. The predicted molar refractivity (Wildman–Crippen MR) is 143 cm³/mol. The molecule has 0 saturated carbocycles. The summed E-state index contributed by atoms with van der Waals surface area (Å²) in [6.45, 7) is 4.65. The van der Waals surface area contributed by atoms with Gasteiger partial charge in [-0.2, -0.15) is 10.2 Å². The zero-order valence-electron chi connectivity index (χ0n) is 18.2. The molecule has 0 aliphatic carbocycles. The Balaban J connectivity index is 1.45. The number of rotatable bonds is 6. The second kappa shape index (κ2) is 10.4. The van der Waals surface area contributed by atoms with Gasteiger partial charge in [0.1, 0.15) is 5.82 Å². The highest BCUT2D eigenvalue weighted by Gasteiger charge is 2.16. The van der Waals surface area contributed by atoms with E-state index in [4.69, 9.17) is 35.4 Å². The maximum absolute atomic E-state index is 14.0. The van der Waals surface area contributed by atoms with Gasteiger partial charge in [-0.3, -0.25) is 9.36 Å². The molecule has 2 aromatic carbocycles. The molecule has 0 radical (unpaired) electrons. The first-order valence-corrected chi connectivity index (χ1v) is 12.2. The van der Waals surface area contributed by atoms with E-state index in [0.29, 0.717) is 44.1 Å². The molecule has 0 aliphatic heterocycles. The van der Waals surface area contributed by atoms with Crippen molar-refractivity contribution in [2.75, 3.05) is 10.6 Å². The van der Waals surface area contributed by atoms with Crippen LogP contribution in [0.4, 0.5) is 15.9 Å². The van der Waals surface area contributed by atoms with Gasteiger partial charge in [-0.15, -0.1) is 0 Å². The van der Waals surface area contributed by atoms with Gasteiger partial charge < -0.3 is 10.6 Å². The van der Waals surface area contributed by atoms with Crippen molar-refractivity contribution >= 4 is 68.0 Å². The molecule has 0 unspecified atom stereocenters. The van der Waals surface area contributed by atoms with Crippen molar-refractivity contribution in [1.82, 2.24) is 19.6 Å². The van der Waals surface area contributed by atoms with E-state index < -0.39 is 0 Å². The fraction of sp³-hybridized carbons (Fsp3) is 0.174. The molecular formula is C23H20BrCl2FN6S. The first kappa shape index (κ1) is 24.7. The molecule has 2 N–H and O–H groups in total. The maximum atomic E-state index is 14.0. The van der Waals surface area contributed by atoms with Crippen LogP contribution in [0.15, 0.2) is 53.1 Å². The van der Waals surface area contributed by atoms with Gasteiger partial charge in [-0.25, -0.2) is 4.39 Å². The maximum Gasteiger partial charge on any atom is 0.176 e. The van der Waals surface area contributed by atoms with Crippen molar-refractivity contribution in [3.05, 3.63) is 91.5 Å². The second-order valence-corrected chi connectivity index (χ2v) is 9.74. The van der Waals surface area contributed by atoms with Crippen LogP contribution in [0.25, 0.3) is 0 Å². The number of thiocarbonyl (C=S) groups is 1. The van der Waals surface area contributed by atoms with Gasteiger partial charge >= 0.3 is 0 Å². The van der Waals surface area contributed by atoms with Crippen LogP contribution in [0.5, 0.6) is 0 Å². The molecule has 11 heteroatoms. The number of nitrogens with one attached hydrogen (secondary N) is 2. The lowest BCUT2D eigenvalue weighted by Crippen LogP contribution is -2.20. The van der Waals surface area contributed by atoms with E-state index in [2.05, 4.69) is 36.8 Å². The van der Waals surface area contributed by atoms with Gasteiger partial charge in [0.05, 0.1) is 34.6 Å². The summed E-state index contributed by atoms with van der Waals surface area (Å²) in [7, 11) is 0. The molecule has 0 amide bonds. The summed E-state index contributed by atoms with van der Waals surface area (Å²) < 4.78 is 18.2. The number of anilines is 2. The van der Waals surface area contributed by atoms with E-state index in [1.165, 1.54) is 6.07 Å². The Morgan fingerprint density at radius 3 is 2.56 bits per heavy atom. The molecular weight excluding hydrogens is 562 g/mol. The zero-order valence-corrected chi connectivity index (χ0v) is 22.2. The molecule has 0 spiro atoms. The van der Waals surface area contributed by atoms with E-state index in [0.717, 1.165) is 22.6 Å². The Morgan fingerprint density at radius 2 is 1.82 bits per heavy atom. The molecule has 176 valence electrons. The summed E-state index contributed by atoms with van der Waals surface area (Å²) in [4.78, 5) is 0. The fourth-order valence-corrected chi connectivity index (χ4v) is 4.54. The second-order valence-electron chi connectivity index (χ2n) is 7.63. The molecule has 4 rings (SSSR count). The van der Waals surface area contributed by atoms with Crippen LogP contribution in [-0.4, -0.2) is 24.7 Å². The summed E-state index contributed by atoms with van der Waals surface area (Å²) in [6, 6.07) is 12.0. The van der Waals surface area contributed by atoms with Crippen LogP contribution in [0, 0.1) is 19.7 Å². The third-order valence-electron chi connectivity index (χ3n) is 5.19. The van der Waals surface area contributed by atoms with Crippen molar-refractivity contribution < 1.29 is 4.39 Å². The number of aryl methyl sites for hydroxylation is 1. The lowest BCUT2D eigenvalue weighted by Gasteiger charge is -2.11. The first-order chi connectivity index (χ1) is 16.2. The summed E-state index contributed by atoms with van der Waals surface area (Å²) >= 11 is 21.3. The van der Waals surface area contributed by atoms with Gasteiger partial charge in [0.2, 0.25) is 0 Å². The molecule has 0 fully saturated rings. The van der Waals surface area contributed by atoms with E-state index in [1.807, 2.05) is 24.6 Å². The van der Waals surface area contributed by atoms with Crippen molar-refractivity contribution in [2.45, 2.75) is 26.9 Å². The number of halogens is 4. The number of hydrogen-bond donors (Lipinski definition) is 2. The Hall–Kier alpha value is -2.46. The molecule has 2 heterocycles. The van der Waals surface area contributed by atoms with Gasteiger partial charge in [-0.1, -0.05) is 47.5 Å². The lowest BCUT2D eigenvalue weighted by molar-refractivity contribution is 0.586. The van der Waals surface area contributed by atoms with Gasteiger partial charge in [-0.05, 0) is 65.8 Å². The van der Waals surface area contributed by atoms with Gasteiger partial charge in [0.25, 0.3) is 0 Å². The molecule has 34 heavy (non-hydrogen) atoms. The Labute approximate surface area is 220 Å². The van der Waals surface area contributed by atoms with Gasteiger partial charge in [0.15, 0.2) is 10.9 Å². The molecule has 2 aromatic heterocycles. The molecule has 0 atom stereocenters. The third kappa shape index (κ3) is 5.60. The van der Waals surface area contributed by atoms with Crippen LogP contribution < -0.4 is 10.6 Å². The quantitative estimate of drug-likeness (QED) is 0.245. The van der Waals surface area contributed by atoms with E-state index in [1.54, 1.807) is 41.2 Å². The number of aromatic nitrogens is 4. The molecule has 4 aromatic rings. The van der Waals surface area contributed by atoms with E-state index in [9.17, 15) is 4.39 Å². The van der Waals surface area contributed by atoms with Crippen LogP contribution >= 0.6 is 51.3 Å². The largest absolute Gasteiger partial charge is 0.329 e. The number of benzene rings is 2. The SMILES string of the molecule is Cc1nn(Cc2ccc(Cl)cc2Cl)c(C)c1NC(=S)Nc1nn(Cc2ccccc2F)cc1Br. The highest BCUT2D eigenvalue weighted by molar-refractivity contribution is 9.10.